The van der Waals surface area contributed by atoms with Crippen molar-refractivity contribution in [3.63, 3.8) is 0 Å². The average Bonchev–Trinajstić information content (AvgIpc) is 2.48. The summed E-state index contributed by atoms with van der Waals surface area (Å²) in [5.41, 5.74) is 0.685. The average molecular weight is 506 g/mol. The molecule has 0 fully saturated rings. The number of ether oxygens (including phenoxy) is 2. The lowest BCUT2D eigenvalue weighted by molar-refractivity contribution is 0.0624. The second-order valence-corrected chi connectivity index (χ2v) is 9.74. The third-order valence-electron chi connectivity index (χ3n) is 2.98. The number of carbonyl (C=O) groups is 2. The third kappa shape index (κ3) is 12.5. The SMILES string of the molecule is CC(C)(C)OC(=O)Nc1cc(Cl)nc(Cl)c1.Cc1cc(NC(=O)OC(C)(C)C)cc(Cl)n1. The molecule has 0 aliphatic rings. The minimum atomic E-state index is -0.564. The van der Waals surface area contributed by atoms with E-state index in [2.05, 4.69) is 20.6 Å². The summed E-state index contributed by atoms with van der Waals surface area (Å²) in [6.45, 7) is 12.5. The fourth-order valence-electron chi connectivity index (χ4n) is 2.08. The Morgan fingerprint density at radius 2 is 1.06 bits per heavy atom. The zero-order chi connectivity index (χ0) is 24.7. The molecule has 2 N–H and O–H groups in total. The minimum Gasteiger partial charge on any atom is -0.444 e. The minimum absolute atomic E-state index is 0.207. The summed E-state index contributed by atoms with van der Waals surface area (Å²) in [6.07, 6.45) is -1.07. The molecular weight excluding hydrogens is 479 g/mol. The van der Waals surface area contributed by atoms with Crippen LogP contribution in [0.1, 0.15) is 47.2 Å². The molecule has 2 rings (SSSR count). The second-order valence-electron chi connectivity index (χ2n) is 8.57. The quantitative estimate of drug-likeness (QED) is 0.421. The highest BCUT2D eigenvalue weighted by Gasteiger charge is 2.17. The Hall–Kier alpha value is -2.29. The molecule has 0 radical (unpaired) electrons. The van der Waals surface area contributed by atoms with Gasteiger partial charge in [-0.3, -0.25) is 10.6 Å². The summed E-state index contributed by atoms with van der Waals surface area (Å²) in [6, 6.07) is 6.25. The van der Waals surface area contributed by atoms with E-state index >= 15 is 0 Å². The summed E-state index contributed by atoms with van der Waals surface area (Å²) in [5.74, 6) is 0. The number of rotatable bonds is 2. The molecule has 0 aliphatic heterocycles. The van der Waals surface area contributed by atoms with Crippen molar-refractivity contribution in [3.8, 4) is 0 Å². The summed E-state index contributed by atoms with van der Waals surface area (Å²) >= 11 is 17.1. The van der Waals surface area contributed by atoms with Gasteiger partial charge in [-0.1, -0.05) is 34.8 Å². The molecule has 0 saturated carbocycles. The van der Waals surface area contributed by atoms with Gasteiger partial charge in [0.15, 0.2) is 0 Å². The van der Waals surface area contributed by atoms with E-state index in [0.29, 0.717) is 16.5 Å². The molecule has 0 bridgehead atoms. The summed E-state index contributed by atoms with van der Waals surface area (Å²) in [5, 5.41) is 5.86. The van der Waals surface area contributed by atoms with Crippen molar-refractivity contribution in [1.29, 1.82) is 0 Å². The number of carbonyl (C=O) groups excluding carboxylic acids is 2. The van der Waals surface area contributed by atoms with Gasteiger partial charge in [-0.25, -0.2) is 19.6 Å². The molecule has 0 saturated heterocycles. The Morgan fingerprint density at radius 1 is 0.719 bits per heavy atom. The number of hydrogen-bond acceptors (Lipinski definition) is 6. The van der Waals surface area contributed by atoms with Crippen molar-refractivity contribution < 1.29 is 19.1 Å². The molecule has 2 aromatic heterocycles. The van der Waals surface area contributed by atoms with Gasteiger partial charge < -0.3 is 9.47 Å². The van der Waals surface area contributed by atoms with Gasteiger partial charge in [0.1, 0.15) is 26.7 Å². The molecule has 0 aliphatic carbocycles. The molecule has 2 amide bonds. The first-order valence-corrected chi connectivity index (χ1v) is 10.6. The molecule has 32 heavy (non-hydrogen) atoms. The standard InChI is InChI=1S/C11H15ClN2O2.C10H12Cl2N2O2/c1-7-5-8(6-9(12)13-7)14-10(15)16-11(2,3)4;1-10(2,3)16-9(15)13-6-4-7(11)14-8(12)5-6/h5-6H,1-4H3,(H,13,14,15);4-5H,1-3H3,(H,13,14,15). The molecule has 2 aromatic rings. The predicted molar refractivity (Wildman–Crippen MR) is 128 cm³/mol. The van der Waals surface area contributed by atoms with Crippen molar-refractivity contribution in [2.75, 3.05) is 10.6 Å². The Kier molecular flexibility index (Phi) is 10.0. The van der Waals surface area contributed by atoms with Crippen molar-refractivity contribution in [3.05, 3.63) is 45.4 Å². The lowest BCUT2D eigenvalue weighted by atomic mass is 10.2. The zero-order valence-corrected chi connectivity index (χ0v) is 21.2. The molecule has 0 atom stereocenters. The molecule has 0 unspecified atom stereocenters. The highest BCUT2D eigenvalue weighted by molar-refractivity contribution is 6.33. The van der Waals surface area contributed by atoms with E-state index in [1.54, 1.807) is 60.6 Å². The number of hydrogen-bond donors (Lipinski definition) is 2. The zero-order valence-electron chi connectivity index (χ0n) is 19.0. The first-order chi connectivity index (χ1) is 14.5. The number of amides is 2. The number of nitrogens with zero attached hydrogens (tertiary/aromatic N) is 2. The fourth-order valence-corrected chi connectivity index (χ4v) is 2.79. The monoisotopic (exact) mass is 504 g/mol. The molecule has 176 valence electrons. The lowest BCUT2D eigenvalue weighted by Gasteiger charge is -2.19. The van der Waals surface area contributed by atoms with Gasteiger partial charge in [-0.2, -0.15) is 0 Å². The first kappa shape index (κ1) is 27.7. The molecule has 0 aromatic carbocycles. The normalized spacial score (nSPS) is 11.1. The number of nitrogens with one attached hydrogen (secondary N) is 2. The van der Waals surface area contributed by atoms with E-state index in [9.17, 15) is 9.59 Å². The summed E-state index contributed by atoms with van der Waals surface area (Å²) in [7, 11) is 0. The van der Waals surface area contributed by atoms with E-state index in [1.807, 2.05) is 0 Å². The van der Waals surface area contributed by atoms with Crippen molar-refractivity contribution in [1.82, 2.24) is 9.97 Å². The van der Waals surface area contributed by atoms with Crippen LogP contribution in [-0.2, 0) is 9.47 Å². The molecule has 8 nitrogen and oxygen atoms in total. The Balaban J connectivity index is 0.000000320. The van der Waals surface area contributed by atoms with Gasteiger partial charge >= 0.3 is 12.2 Å². The van der Waals surface area contributed by atoms with Gasteiger partial charge in [0.2, 0.25) is 0 Å². The van der Waals surface area contributed by atoms with Gasteiger partial charge in [-0.05, 0) is 72.7 Å². The molecule has 0 spiro atoms. The van der Waals surface area contributed by atoms with Crippen LogP contribution in [0.2, 0.25) is 15.5 Å². The van der Waals surface area contributed by atoms with Gasteiger partial charge in [0.25, 0.3) is 0 Å². The summed E-state index contributed by atoms with van der Waals surface area (Å²) in [4.78, 5) is 30.6. The van der Waals surface area contributed by atoms with Crippen LogP contribution in [0.15, 0.2) is 24.3 Å². The number of aromatic nitrogens is 2. The summed E-state index contributed by atoms with van der Waals surface area (Å²) < 4.78 is 10.2. The molecule has 11 heteroatoms. The Morgan fingerprint density at radius 3 is 1.41 bits per heavy atom. The number of aryl methyl sites for hydroxylation is 1. The third-order valence-corrected chi connectivity index (χ3v) is 3.56. The highest BCUT2D eigenvalue weighted by atomic mass is 35.5. The maximum absolute atomic E-state index is 11.5. The molecule has 2 heterocycles. The largest absolute Gasteiger partial charge is 0.444 e. The van der Waals surface area contributed by atoms with Crippen LogP contribution in [0.3, 0.4) is 0 Å². The van der Waals surface area contributed by atoms with Crippen molar-refractivity contribution in [2.24, 2.45) is 0 Å². The second kappa shape index (κ2) is 11.5. The van der Waals surface area contributed by atoms with Crippen LogP contribution >= 0.6 is 34.8 Å². The van der Waals surface area contributed by atoms with Crippen LogP contribution in [0.5, 0.6) is 0 Å². The van der Waals surface area contributed by atoms with Gasteiger partial charge in [-0.15, -0.1) is 0 Å². The van der Waals surface area contributed by atoms with Crippen LogP contribution in [-0.4, -0.2) is 33.4 Å². The highest BCUT2D eigenvalue weighted by Crippen LogP contribution is 2.20. The van der Waals surface area contributed by atoms with Crippen LogP contribution in [0.25, 0.3) is 0 Å². The lowest BCUT2D eigenvalue weighted by Crippen LogP contribution is -2.27. The maximum Gasteiger partial charge on any atom is 0.412 e. The maximum atomic E-state index is 11.5. The van der Waals surface area contributed by atoms with Gasteiger partial charge in [0.05, 0.1) is 5.69 Å². The van der Waals surface area contributed by atoms with Crippen LogP contribution in [0.4, 0.5) is 21.0 Å². The van der Waals surface area contributed by atoms with E-state index in [1.165, 1.54) is 12.1 Å². The fraction of sp³-hybridized carbons (Fsp3) is 0.429. The first-order valence-electron chi connectivity index (χ1n) is 9.50. The Labute approximate surface area is 203 Å². The topological polar surface area (TPSA) is 102 Å². The van der Waals surface area contributed by atoms with Crippen LogP contribution < -0.4 is 10.6 Å². The van der Waals surface area contributed by atoms with E-state index in [0.717, 1.165) is 5.69 Å². The Bertz CT molecular complexity index is 839. The predicted octanol–water partition coefficient (Wildman–Crippen LogP) is 7.13. The van der Waals surface area contributed by atoms with Crippen LogP contribution in [0, 0.1) is 6.92 Å². The number of pyridine rings is 2. The van der Waals surface area contributed by atoms with Gasteiger partial charge in [0, 0.05) is 11.4 Å². The van der Waals surface area contributed by atoms with Crippen molar-refractivity contribution in [2.45, 2.75) is 59.7 Å². The van der Waals surface area contributed by atoms with E-state index < -0.39 is 23.4 Å². The number of anilines is 2. The molecular formula is C21H27Cl3N4O4. The smallest absolute Gasteiger partial charge is 0.412 e. The van der Waals surface area contributed by atoms with Crippen molar-refractivity contribution >= 4 is 58.4 Å². The van der Waals surface area contributed by atoms with E-state index in [-0.39, 0.29) is 10.3 Å². The van der Waals surface area contributed by atoms with E-state index in [4.69, 9.17) is 44.3 Å². The number of halogens is 3.